The van der Waals surface area contributed by atoms with Gasteiger partial charge in [-0.05, 0) is 55.0 Å². The molecule has 0 fully saturated rings. The highest BCUT2D eigenvalue weighted by Gasteiger charge is 2.20. The Labute approximate surface area is 134 Å². The Kier molecular flexibility index (Phi) is 4.29. The van der Waals surface area contributed by atoms with E-state index in [0.717, 1.165) is 34.5 Å². The van der Waals surface area contributed by atoms with E-state index in [9.17, 15) is 5.11 Å². The summed E-state index contributed by atoms with van der Waals surface area (Å²) in [6.45, 7) is 2.26. The molecule has 1 atom stereocenters. The minimum atomic E-state index is 0.275. The van der Waals surface area contributed by atoms with Crippen molar-refractivity contribution in [1.82, 2.24) is 4.98 Å². The molecule has 3 rings (SSSR count). The van der Waals surface area contributed by atoms with Crippen molar-refractivity contribution in [3.63, 3.8) is 0 Å². The predicted octanol–water partition coefficient (Wildman–Crippen LogP) is 5.12. The second-order valence-electron chi connectivity index (χ2n) is 5.86. The van der Waals surface area contributed by atoms with Gasteiger partial charge in [0.2, 0.25) is 0 Å². The van der Waals surface area contributed by atoms with E-state index in [0.29, 0.717) is 0 Å². The zero-order chi connectivity index (χ0) is 14.8. The molecule has 1 aromatic heterocycles. The number of aromatic hydroxyl groups is 1. The molecule has 2 aromatic rings. The van der Waals surface area contributed by atoms with Gasteiger partial charge in [0.25, 0.3) is 0 Å². The summed E-state index contributed by atoms with van der Waals surface area (Å²) in [6.07, 6.45) is 6.03. The molecule has 2 nitrogen and oxygen atoms in total. The van der Waals surface area contributed by atoms with Crippen LogP contribution >= 0.6 is 15.9 Å². The van der Waals surface area contributed by atoms with Gasteiger partial charge in [-0.25, -0.2) is 0 Å². The first-order chi connectivity index (χ1) is 10.2. The molecule has 1 heterocycles. The average molecular weight is 346 g/mol. The predicted molar refractivity (Wildman–Crippen MR) is 89.5 cm³/mol. The first-order valence-electron chi connectivity index (χ1n) is 7.65. The molecule has 0 aliphatic heterocycles. The summed E-state index contributed by atoms with van der Waals surface area (Å²) < 4.78 is 0.879. The van der Waals surface area contributed by atoms with Crippen molar-refractivity contribution in [2.45, 2.75) is 39.0 Å². The fourth-order valence-corrected chi connectivity index (χ4v) is 3.56. The molecule has 0 bridgehead atoms. The lowest BCUT2D eigenvalue weighted by Crippen LogP contribution is -2.15. The monoisotopic (exact) mass is 345 g/mol. The molecule has 1 unspecified atom stereocenters. The highest BCUT2D eigenvalue weighted by Crippen LogP contribution is 2.33. The van der Waals surface area contributed by atoms with Crippen molar-refractivity contribution < 1.29 is 5.11 Å². The second kappa shape index (κ2) is 6.18. The van der Waals surface area contributed by atoms with E-state index in [-0.39, 0.29) is 5.75 Å². The van der Waals surface area contributed by atoms with Gasteiger partial charge in [-0.1, -0.05) is 41.8 Å². The minimum absolute atomic E-state index is 0.275. The maximum atomic E-state index is 10.1. The molecule has 1 aliphatic rings. The molecule has 1 aromatic carbocycles. The number of phenolic OH excluding ortho intramolecular Hbond substituents is 1. The Morgan fingerprint density at radius 3 is 2.90 bits per heavy atom. The van der Waals surface area contributed by atoms with E-state index in [4.69, 9.17) is 4.98 Å². The lowest BCUT2D eigenvalue weighted by atomic mass is 9.84. The summed E-state index contributed by atoms with van der Waals surface area (Å²) in [4.78, 5) is 4.79. The molecule has 0 amide bonds. The smallest absolute Gasteiger partial charge is 0.126 e. The van der Waals surface area contributed by atoms with E-state index in [1.807, 2.05) is 18.2 Å². The van der Waals surface area contributed by atoms with Gasteiger partial charge in [0.05, 0.1) is 5.69 Å². The minimum Gasteiger partial charge on any atom is -0.507 e. The van der Waals surface area contributed by atoms with Crippen LogP contribution in [-0.4, -0.2) is 10.1 Å². The number of aromatic nitrogens is 1. The van der Waals surface area contributed by atoms with E-state index < -0.39 is 0 Å². The Morgan fingerprint density at radius 2 is 2.14 bits per heavy atom. The summed E-state index contributed by atoms with van der Waals surface area (Å²) in [5.41, 5.74) is 4.27. The molecule has 0 spiro atoms. The molecule has 3 heteroatoms. The van der Waals surface area contributed by atoms with Crippen LogP contribution in [0, 0.1) is 5.92 Å². The maximum Gasteiger partial charge on any atom is 0.126 e. The van der Waals surface area contributed by atoms with Crippen LogP contribution < -0.4 is 0 Å². The number of fused-ring (bicyclic) bond motifs is 1. The van der Waals surface area contributed by atoms with Crippen LogP contribution in [0.25, 0.3) is 11.3 Å². The highest BCUT2D eigenvalue weighted by atomic mass is 79.9. The lowest BCUT2D eigenvalue weighted by molar-refractivity contribution is 0.418. The summed E-state index contributed by atoms with van der Waals surface area (Å²) >= 11 is 3.37. The fourth-order valence-electron chi connectivity index (χ4n) is 3.21. The van der Waals surface area contributed by atoms with Gasteiger partial charge in [0, 0.05) is 15.7 Å². The third-order valence-corrected chi connectivity index (χ3v) is 4.79. The van der Waals surface area contributed by atoms with E-state index in [1.54, 1.807) is 6.07 Å². The topological polar surface area (TPSA) is 33.1 Å². The molecule has 0 saturated carbocycles. The summed E-state index contributed by atoms with van der Waals surface area (Å²) in [7, 11) is 0. The number of rotatable bonds is 3. The third kappa shape index (κ3) is 3.13. The summed E-state index contributed by atoms with van der Waals surface area (Å²) in [6, 6.07) is 9.80. The van der Waals surface area contributed by atoms with Crippen LogP contribution in [0.1, 0.15) is 37.4 Å². The normalized spacial score (nSPS) is 17.5. The number of halogens is 1. The van der Waals surface area contributed by atoms with E-state index >= 15 is 0 Å². The third-order valence-electron chi connectivity index (χ3n) is 4.30. The molecule has 0 radical (unpaired) electrons. The average Bonchev–Trinajstić information content (AvgIpc) is 2.47. The SMILES string of the molecule is CCCC1CCc2nc(-c3ccc(Br)cc3O)ccc2C1. The van der Waals surface area contributed by atoms with Crippen molar-refractivity contribution in [3.8, 4) is 17.0 Å². The molecule has 110 valence electrons. The number of pyridine rings is 1. The number of nitrogens with zero attached hydrogens (tertiary/aromatic N) is 1. The van der Waals surface area contributed by atoms with Crippen molar-refractivity contribution in [1.29, 1.82) is 0 Å². The molecular formula is C18H20BrNO. The van der Waals surface area contributed by atoms with Gasteiger partial charge in [-0.2, -0.15) is 0 Å². The number of phenols is 1. The Morgan fingerprint density at radius 1 is 1.29 bits per heavy atom. The molecule has 0 saturated heterocycles. The summed E-state index contributed by atoms with van der Waals surface area (Å²) in [5.74, 6) is 1.09. The lowest BCUT2D eigenvalue weighted by Gasteiger charge is -2.24. The van der Waals surface area contributed by atoms with Gasteiger partial charge in [0.1, 0.15) is 5.75 Å². The van der Waals surface area contributed by atoms with Crippen LogP contribution in [-0.2, 0) is 12.8 Å². The highest BCUT2D eigenvalue weighted by molar-refractivity contribution is 9.10. The van der Waals surface area contributed by atoms with E-state index in [1.165, 1.54) is 30.5 Å². The standard InChI is InChI=1S/C18H20BrNO/c1-2-3-12-4-8-16-13(10-12)5-9-17(20-16)15-7-6-14(19)11-18(15)21/h5-7,9,11-12,21H,2-4,8,10H2,1H3. The Hall–Kier alpha value is -1.35. The van der Waals surface area contributed by atoms with Gasteiger partial charge in [-0.15, -0.1) is 0 Å². The number of benzene rings is 1. The number of aryl methyl sites for hydroxylation is 1. The van der Waals surface area contributed by atoms with Crippen molar-refractivity contribution in [2.24, 2.45) is 5.92 Å². The van der Waals surface area contributed by atoms with Crippen LogP contribution in [0.2, 0.25) is 0 Å². The first-order valence-corrected chi connectivity index (χ1v) is 8.44. The van der Waals surface area contributed by atoms with Gasteiger partial charge in [-0.3, -0.25) is 4.98 Å². The maximum absolute atomic E-state index is 10.1. The second-order valence-corrected chi connectivity index (χ2v) is 6.78. The fraction of sp³-hybridized carbons (Fsp3) is 0.389. The molecule has 21 heavy (non-hydrogen) atoms. The number of hydrogen-bond donors (Lipinski definition) is 1. The van der Waals surface area contributed by atoms with E-state index in [2.05, 4.69) is 28.9 Å². The summed E-state index contributed by atoms with van der Waals surface area (Å²) in [5, 5.41) is 10.1. The molecule has 1 N–H and O–H groups in total. The molecular weight excluding hydrogens is 326 g/mol. The van der Waals surface area contributed by atoms with Crippen molar-refractivity contribution in [3.05, 3.63) is 46.1 Å². The Bertz CT molecular complexity index is 654. The Balaban J connectivity index is 1.90. The van der Waals surface area contributed by atoms with Crippen molar-refractivity contribution in [2.75, 3.05) is 0 Å². The van der Waals surface area contributed by atoms with Crippen molar-refractivity contribution >= 4 is 15.9 Å². The molecule has 1 aliphatic carbocycles. The zero-order valence-corrected chi connectivity index (χ0v) is 13.9. The van der Waals surface area contributed by atoms with Crippen LogP contribution in [0.3, 0.4) is 0 Å². The number of hydrogen-bond acceptors (Lipinski definition) is 2. The largest absolute Gasteiger partial charge is 0.507 e. The quantitative estimate of drug-likeness (QED) is 0.837. The first kappa shape index (κ1) is 14.6. The van der Waals surface area contributed by atoms with Crippen LogP contribution in [0.4, 0.5) is 0 Å². The van der Waals surface area contributed by atoms with Crippen LogP contribution in [0.15, 0.2) is 34.8 Å². The zero-order valence-electron chi connectivity index (χ0n) is 12.3. The van der Waals surface area contributed by atoms with Gasteiger partial charge in [0.15, 0.2) is 0 Å². The van der Waals surface area contributed by atoms with Gasteiger partial charge >= 0.3 is 0 Å². The van der Waals surface area contributed by atoms with Gasteiger partial charge < -0.3 is 5.11 Å². The van der Waals surface area contributed by atoms with Crippen LogP contribution in [0.5, 0.6) is 5.75 Å².